The molecule has 3 saturated carbocycles. The Balaban J connectivity index is 1.63. The lowest BCUT2D eigenvalue weighted by Crippen LogP contribution is -2.64. The summed E-state index contributed by atoms with van der Waals surface area (Å²) in [5.74, 6) is -0.137. The summed E-state index contributed by atoms with van der Waals surface area (Å²) < 4.78 is 0. The minimum atomic E-state index is -0.970. The van der Waals surface area contributed by atoms with Crippen LogP contribution in [0.2, 0.25) is 0 Å². The van der Waals surface area contributed by atoms with E-state index in [-0.39, 0.29) is 39.3 Å². The third-order valence-corrected chi connectivity index (χ3v) is 12.3. The zero-order chi connectivity index (χ0) is 24.9. The van der Waals surface area contributed by atoms with Crippen LogP contribution < -0.4 is 0 Å². The van der Waals surface area contributed by atoms with E-state index in [0.717, 1.165) is 57.7 Å². The number of ketones is 1. The fourth-order valence-corrected chi connectivity index (χ4v) is 9.87. The molecule has 5 aliphatic carbocycles. The minimum Gasteiger partial charge on any atom is -0.481 e. The molecule has 0 bridgehead atoms. The lowest BCUT2D eigenvalue weighted by molar-refractivity contribution is -0.187. The SMILES string of the molecule is CC1(C)CC[C@]2(C(=O)O)CC[C@]3(C)[C@H](CC=C4[C@@]5(C)C=CC(=O)C(C)(C=O)C5CC[C@]43C)[C@H]2C1. The van der Waals surface area contributed by atoms with Gasteiger partial charge < -0.3 is 9.90 Å². The van der Waals surface area contributed by atoms with Gasteiger partial charge in [-0.2, -0.15) is 0 Å². The average molecular weight is 467 g/mol. The number of fused-ring (bicyclic) bond motifs is 7. The largest absolute Gasteiger partial charge is 0.481 e. The second kappa shape index (κ2) is 6.95. The lowest BCUT2D eigenvalue weighted by Gasteiger charge is -2.69. The van der Waals surface area contributed by atoms with Gasteiger partial charge in [0.05, 0.1) is 10.8 Å². The molecule has 8 atom stereocenters. The van der Waals surface area contributed by atoms with Crippen molar-refractivity contribution in [3.63, 3.8) is 0 Å². The van der Waals surface area contributed by atoms with Crippen LogP contribution in [-0.2, 0) is 14.4 Å². The number of hydrogen-bond donors (Lipinski definition) is 1. The minimum absolute atomic E-state index is 0.00891. The first-order chi connectivity index (χ1) is 15.7. The van der Waals surface area contributed by atoms with E-state index in [2.05, 4.69) is 46.8 Å². The predicted octanol–water partition coefficient (Wildman–Crippen LogP) is 6.40. The smallest absolute Gasteiger partial charge is 0.309 e. The fourth-order valence-electron chi connectivity index (χ4n) is 9.87. The molecule has 0 aromatic carbocycles. The first-order valence-electron chi connectivity index (χ1n) is 13.3. The summed E-state index contributed by atoms with van der Waals surface area (Å²) in [6.45, 7) is 13.6. The Morgan fingerprint density at radius 1 is 1.00 bits per heavy atom. The van der Waals surface area contributed by atoms with Gasteiger partial charge in [-0.05, 0) is 98.4 Å². The van der Waals surface area contributed by atoms with Gasteiger partial charge in [0.15, 0.2) is 5.78 Å². The summed E-state index contributed by atoms with van der Waals surface area (Å²) in [7, 11) is 0. The van der Waals surface area contributed by atoms with Crippen LogP contribution in [0.15, 0.2) is 23.8 Å². The van der Waals surface area contributed by atoms with E-state index < -0.39 is 16.8 Å². The molecule has 4 heteroatoms. The highest BCUT2D eigenvalue weighted by molar-refractivity contribution is 6.06. The molecule has 2 unspecified atom stereocenters. The second-order valence-electron chi connectivity index (χ2n) is 14.1. The van der Waals surface area contributed by atoms with Gasteiger partial charge in [-0.1, -0.05) is 52.3 Å². The number of carbonyl (C=O) groups is 3. The molecule has 1 N–H and O–H groups in total. The van der Waals surface area contributed by atoms with Crippen LogP contribution in [0, 0.1) is 50.2 Å². The molecule has 0 aromatic rings. The van der Waals surface area contributed by atoms with Gasteiger partial charge in [-0.25, -0.2) is 0 Å². The van der Waals surface area contributed by atoms with E-state index >= 15 is 0 Å². The zero-order valence-corrected chi connectivity index (χ0v) is 21.9. The molecule has 34 heavy (non-hydrogen) atoms. The maximum absolute atomic E-state index is 12.8. The van der Waals surface area contributed by atoms with Gasteiger partial charge in [-0.3, -0.25) is 9.59 Å². The molecular weight excluding hydrogens is 424 g/mol. The number of hydrogen-bond acceptors (Lipinski definition) is 3. The molecule has 3 fully saturated rings. The molecular formula is C30H42O4. The number of aliphatic carboxylic acids is 1. The van der Waals surface area contributed by atoms with Crippen LogP contribution in [0.1, 0.15) is 92.9 Å². The van der Waals surface area contributed by atoms with Crippen LogP contribution in [0.5, 0.6) is 0 Å². The van der Waals surface area contributed by atoms with Gasteiger partial charge in [0, 0.05) is 5.41 Å². The van der Waals surface area contributed by atoms with Crippen LogP contribution >= 0.6 is 0 Å². The van der Waals surface area contributed by atoms with Crippen molar-refractivity contribution in [2.75, 3.05) is 0 Å². The van der Waals surface area contributed by atoms with Crippen LogP contribution in [0.25, 0.3) is 0 Å². The quantitative estimate of drug-likeness (QED) is 0.290. The number of aldehydes is 1. The van der Waals surface area contributed by atoms with Crippen LogP contribution in [-0.4, -0.2) is 23.1 Å². The van der Waals surface area contributed by atoms with E-state index in [1.165, 1.54) is 5.57 Å². The Kier molecular flexibility index (Phi) is 4.90. The topological polar surface area (TPSA) is 71.4 Å². The van der Waals surface area contributed by atoms with Crippen molar-refractivity contribution in [2.24, 2.45) is 50.2 Å². The van der Waals surface area contributed by atoms with E-state index in [4.69, 9.17) is 0 Å². The van der Waals surface area contributed by atoms with Crippen molar-refractivity contribution in [2.45, 2.75) is 92.9 Å². The van der Waals surface area contributed by atoms with E-state index in [1.54, 1.807) is 6.08 Å². The molecule has 0 aliphatic heterocycles. The van der Waals surface area contributed by atoms with Crippen molar-refractivity contribution in [3.05, 3.63) is 23.8 Å². The zero-order valence-electron chi connectivity index (χ0n) is 21.9. The van der Waals surface area contributed by atoms with Gasteiger partial charge in [-0.15, -0.1) is 0 Å². The van der Waals surface area contributed by atoms with Gasteiger partial charge in [0.1, 0.15) is 6.29 Å². The van der Waals surface area contributed by atoms with E-state index in [0.29, 0.717) is 5.92 Å². The molecule has 5 aliphatic rings. The van der Waals surface area contributed by atoms with Crippen molar-refractivity contribution in [1.29, 1.82) is 0 Å². The van der Waals surface area contributed by atoms with Crippen molar-refractivity contribution in [3.8, 4) is 0 Å². The Labute approximate surface area is 204 Å². The lowest BCUT2D eigenvalue weighted by atomic mass is 9.34. The predicted molar refractivity (Wildman–Crippen MR) is 132 cm³/mol. The monoisotopic (exact) mass is 466 g/mol. The summed E-state index contributed by atoms with van der Waals surface area (Å²) in [5.41, 5.74) is -0.370. The molecule has 4 nitrogen and oxygen atoms in total. The first kappa shape index (κ1) is 24.0. The number of allylic oxidation sites excluding steroid dienone is 4. The first-order valence-corrected chi connectivity index (χ1v) is 13.3. The third kappa shape index (κ3) is 2.69. The maximum atomic E-state index is 12.8. The summed E-state index contributed by atoms with van der Waals surface area (Å²) in [4.78, 5) is 37.8. The molecule has 0 saturated heterocycles. The summed E-state index contributed by atoms with van der Waals surface area (Å²) >= 11 is 0. The Morgan fingerprint density at radius 2 is 1.68 bits per heavy atom. The summed E-state index contributed by atoms with van der Waals surface area (Å²) in [5, 5.41) is 10.5. The number of rotatable bonds is 2. The second-order valence-corrected chi connectivity index (χ2v) is 14.1. The highest BCUT2D eigenvalue weighted by atomic mass is 16.4. The fraction of sp³-hybridized carbons (Fsp3) is 0.767. The van der Waals surface area contributed by atoms with Crippen molar-refractivity contribution < 1.29 is 19.5 Å². The molecule has 0 spiro atoms. The van der Waals surface area contributed by atoms with Crippen molar-refractivity contribution >= 4 is 18.0 Å². The standard InChI is InChI=1S/C30H42O4/c1-25(2)13-15-30(24(33)34)16-14-28(5)19(20(30)17-25)7-8-22-26(3)11-10-23(32)27(4,18-31)21(26)9-12-29(22,28)6/h8,10-11,18-21H,7,9,12-17H2,1-6H3,(H,33,34)/t19-,20-,21?,26+,27?,28-,29-,30+/m1/s1. The van der Waals surface area contributed by atoms with Crippen molar-refractivity contribution in [1.82, 2.24) is 0 Å². The molecule has 5 rings (SSSR count). The highest BCUT2D eigenvalue weighted by Gasteiger charge is 2.69. The van der Waals surface area contributed by atoms with Crippen LogP contribution in [0.4, 0.5) is 0 Å². The van der Waals surface area contributed by atoms with E-state index in [1.807, 2.05) is 6.92 Å². The number of carboxylic acids is 1. The Hall–Kier alpha value is -1.71. The van der Waals surface area contributed by atoms with Gasteiger partial charge in [0.25, 0.3) is 0 Å². The van der Waals surface area contributed by atoms with Crippen LogP contribution in [0.3, 0.4) is 0 Å². The highest BCUT2D eigenvalue weighted by Crippen LogP contribution is 2.74. The Bertz CT molecular complexity index is 1020. The number of carboxylic acid groups (broad SMARTS) is 1. The number of carbonyl (C=O) groups excluding carboxylic acids is 2. The maximum Gasteiger partial charge on any atom is 0.309 e. The third-order valence-electron chi connectivity index (χ3n) is 12.3. The van der Waals surface area contributed by atoms with Gasteiger partial charge >= 0.3 is 5.97 Å². The molecule has 0 amide bonds. The van der Waals surface area contributed by atoms with E-state index in [9.17, 15) is 19.5 Å². The molecule has 0 aromatic heterocycles. The molecule has 0 radical (unpaired) electrons. The summed E-state index contributed by atoms with van der Waals surface area (Å²) in [6.07, 6.45) is 14.2. The molecule has 0 heterocycles. The Morgan fingerprint density at radius 3 is 2.32 bits per heavy atom. The normalized spacial score (nSPS) is 51.3. The average Bonchev–Trinajstić information content (AvgIpc) is 2.76. The summed E-state index contributed by atoms with van der Waals surface area (Å²) in [6, 6.07) is 0. The van der Waals surface area contributed by atoms with Gasteiger partial charge in [0.2, 0.25) is 0 Å². The molecule has 186 valence electrons.